The molecule has 1 aromatic carbocycles. The Labute approximate surface area is 137 Å². The minimum Gasteiger partial charge on any atom is -0.549 e. The number of hydrogen-bond donors (Lipinski definition) is 0. The van der Waals surface area contributed by atoms with Gasteiger partial charge in [0.25, 0.3) is 0 Å². The van der Waals surface area contributed by atoms with Crippen LogP contribution in [-0.2, 0) is 17.9 Å². The Morgan fingerprint density at radius 3 is 2.68 bits per heavy atom. The molecule has 0 spiro atoms. The van der Waals surface area contributed by atoms with Gasteiger partial charge in [-0.1, -0.05) is 23.4 Å². The van der Waals surface area contributed by atoms with Crippen LogP contribution in [0.1, 0.15) is 19.7 Å². The number of carbonyl (C=O) groups excluding carboxylic acids is 1. The first-order chi connectivity index (χ1) is 10.5. The van der Waals surface area contributed by atoms with Crippen molar-refractivity contribution in [1.29, 1.82) is 0 Å². The van der Waals surface area contributed by atoms with E-state index in [1.165, 1.54) is 0 Å². The number of halogens is 1. The van der Waals surface area contributed by atoms with Crippen molar-refractivity contribution in [3.63, 3.8) is 0 Å². The highest BCUT2D eigenvalue weighted by atomic mass is 35.5. The molecule has 0 fully saturated rings. The molecule has 6 nitrogen and oxygen atoms in total. The van der Waals surface area contributed by atoms with Gasteiger partial charge < -0.3 is 19.2 Å². The number of carbonyl (C=O) groups is 1. The number of aromatic nitrogens is 3. The lowest BCUT2D eigenvalue weighted by Crippen LogP contribution is -2.31. The number of benzene rings is 1. The second-order valence-corrected chi connectivity index (χ2v) is 6.21. The van der Waals surface area contributed by atoms with Gasteiger partial charge in [0.1, 0.15) is 12.4 Å². The van der Waals surface area contributed by atoms with Crippen molar-refractivity contribution in [2.24, 2.45) is 0 Å². The third-order valence-electron chi connectivity index (χ3n) is 2.91. The van der Waals surface area contributed by atoms with Crippen molar-refractivity contribution < 1.29 is 14.6 Å². The van der Waals surface area contributed by atoms with Crippen molar-refractivity contribution >= 4 is 29.3 Å². The highest BCUT2D eigenvalue weighted by Gasteiger charge is 2.15. The Bertz CT molecular complexity index is 645. The summed E-state index contributed by atoms with van der Waals surface area (Å²) >= 11 is 6.92. The van der Waals surface area contributed by atoms with Crippen molar-refractivity contribution in [3.05, 3.63) is 35.1 Å². The molecule has 2 aromatic rings. The van der Waals surface area contributed by atoms with E-state index in [4.69, 9.17) is 16.3 Å². The van der Waals surface area contributed by atoms with Crippen LogP contribution in [0.3, 0.4) is 0 Å². The average Bonchev–Trinajstić information content (AvgIpc) is 2.88. The van der Waals surface area contributed by atoms with E-state index in [1.807, 2.05) is 11.5 Å². The minimum absolute atomic E-state index is 0.239. The van der Waals surface area contributed by atoms with Gasteiger partial charge in [-0.05, 0) is 38.1 Å². The summed E-state index contributed by atoms with van der Waals surface area (Å²) in [6.07, 6.45) is 0. The molecule has 118 valence electrons. The molecule has 0 bridgehead atoms. The quantitative estimate of drug-likeness (QED) is 0.714. The third kappa shape index (κ3) is 4.14. The van der Waals surface area contributed by atoms with Crippen LogP contribution in [0.4, 0.5) is 0 Å². The molecule has 2 rings (SSSR count). The van der Waals surface area contributed by atoms with Gasteiger partial charge in [0.2, 0.25) is 0 Å². The van der Waals surface area contributed by atoms with Crippen LogP contribution < -0.4 is 9.84 Å². The number of aliphatic carboxylic acids is 1. The molecule has 1 heterocycles. The topological polar surface area (TPSA) is 80.1 Å². The SMILES string of the molecule is CCn1c(COc2ccc(Cl)cc2)nnc1S[C@@H](C)C(=O)[O-]. The molecule has 1 aromatic heterocycles. The van der Waals surface area contributed by atoms with Crippen molar-refractivity contribution in [2.75, 3.05) is 0 Å². The third-order valence-corrected chi connectivity index (χ3v) is 4.22. The molecule has 0 N–H and O–H groups in total. The highest BCUT2D eigenvalue weighted by Crippen LogP contribution is 2.23. The van der Waals surface area contributed by atoms with Gasteiger partial charge >= 0.3 is 0 Å². The summed E-state index contributed by atoms with van der Waals surface area (Å²) in [5.41, 5.74) is 0. The molecule has 0 aliphatic rings. The Morgan fingerprint density at radius 1 is 1.41 bits per heavy atom. The maximum absolute atomic E-state index is 10.8. The number of carboxylic acid groups (broad SMARTS) is 1. The molecular weight excluding hydrogens is 326 g/mol. The van der Waals surface area contributed by atoms with Crippen LogP contribution in [0.5, 0.6) is 5.75 Å². The van der Waals surface area contributed by atoms with E-state index in [-0.39, 0.29) is 6.61 Å². The predicted octanol–water partition coefficient (Wildman–Crippen LogP) is 1.76. The monoisotopic (exact) mass is 340 g/mol. The molecule has 0 radical (unpaired) electrons. The van der Waals surface area contributed by atoms with Gasteiger partial charge in [-0.15, -0.1) is 10.2 Å². The van der Waals surface area contributed by atoms with E-state index >= 15 is 0 Å². The van der Waals surface area contributed by atoms with Gasteiger partial charge in [0, 0.05) is 16.8 Å². The van der Waals surface area contributed by atoms with Crippen LogP contribution >= 0.6 is 23.4 Å². The number of hydrogen-bond acceptors (Lipinski definition) is 6. The fourth-order valence-electron chi connectivity index (χ4n) is 1.72. The average molecular weight is 341 g/mol. The largest absolute Gasteiger partial charge is 0.549 e. The van der Waals surface area contributed by atoms with Gasteiger partial charge in [-0.25, -0.2) is 0 Å². The molecule has 0 saturated heterocycles. The smallest absolute Gasteiger partial charge is 0.191 e. The first kappa shape index (κ1) is 16.6. The molecular formula is C14H15ClN3O3S-. The lowest BCUT2D eigenvalue weighted by atomic mass is 10.3. The zero-order valence-electron chi connectivity index (χ0n) is 12.2. The summed E-state index contributed by atoms with van der Waals surface area (Å²) in [6.45, 7) is 4.35. The molecule has 0 unspecified atom stereocenters. The first-order valence-electron chi connectivity index (χ1n) is 6.69. The Kier molecular flexibility index (Phi) is 5.68. The summed E-state index contributed by atoms with van der Waals surface area (Å²) in [5, 5.41) is 19.4. The van der Waals surface area contributed by atoms with E-state index in [0.717, 1.165) is 11.8 Å². The standard InChI is InChI=1S/C14H16ClN3O3S/c1-3-18-12(8-21-11-6-4-10(15)5-7-11)16-17-14(18)22-9(2)13(19)20/h4-7,9H,3,8H2,1-2H3,(H,19,20)/p-1/t9-/m0/s1. The van der Waals surface area contributed by atoms with E-state index in [2.05, 4.69) is 10.2 Å². The van der Waals surface area contributed by atoms with Gasteiger partial charge in [-0.2, -0.15) is 0 Å². The van der Waals surface area contributed by atoms with E-state index in [0.29, 0.717) is 28.3 Å². The second kappa shape index (κ2) is 7.51. The van der Waals surface area contributed by atoms with Gasteiger partial charge in [0.05, 0.1) is 5.97 Å². The van der Waals surface area contributed by atoms with Crippen LogP contribution in [0.2, 0.25) is 5.02 Å². The van der Waals surface area contributed by atoms with Crippen LogP contribution in [0, 0.1) is 0 Å². The van der Waals surface area contributed by atoms with E-state index < -0.39 is 11.2 Å². The minimum atomic E-state index is -1.13. The normalized spacial score (nSPS) is 12.1. The lowest BCUT2D eigenvalue weighted by molar-refractivity contribution is -0.304. The first-order valence-corrected chi connectivity index (χ1v) is 7.95. The number of nitrogens with zero attached hydrogens (tertiary/aromatic N) is 3. The molecule has 0 saturated carbocycles. The highest BCUT2D eigenvalue weighted by molar-refractivity contribution is 8.00. The maximum Gasteiger partial charge on any atom is 0.191 e. The number of ether oxygens (including phenoxy) is 1. The van der Waals surface area contributed by atoms with Crippen molar-refractivity contribution in [1.82, 2.24) is 14.8 Å². The zero-order valence-corrected chi connectivity index (χ0v) is 13.7. The number of rotatable bonds is 7. The summed E-state index contributed by atoms with van der Waals surface area (Å²) in [5.74, 6) is 0.174. The van der Waals surface area contributed by atoms with Crippen LogP contribution in [0.25, 0.3) is 0 Å². The molecule has 0 aliphatic carbocycles. The van der Waals surface area contributed by atoms with Gasteiger partial charge in [-0.3, -0.25) is 0 Å². The zero-order chi connectivity index (χ0) is 16.1. The molecule has 0 aliphatic heterocycles. The number of carboxylic acids is 1. The Hall–Kier alpha value is -1.73. The summed E-state index contributed by atoms with van der Waals surface area (Å²) in [4.78, 5) is 10.8. The summed E-state index contributed by atoms with van der Waals surface area (Å²) in [7, 11) is 0. The fourth-order valence-corrected chi connectivity index (χ4v) is 2.70. The van der Waals surface area contributed by atoms with Gasteiger partial charge in [0.15, 0.2) is 11.0 Å². The molecule has 8 heteroatoms. The van der Waals surface area contributed by atoms with E-state index in [9.17, 15) is 9.90 Å². The lowest BCUT2D eigenvalue weighted by Gasteiger charge is -2.13. The number of thioether (sulfide) groups is 1. The van der Waals surface area contributed by atoms with Crippen LogP contribution in [0.15, 0.2) is 29.4 Å². The molecule has 22 heavy (non-hydrogen) atoms. The molecule has 1 atom stereocenters. The van der Waals surface area contributed by atoms with Crippen molar-refractivity contribution in [3.8, 4) is 5.75 Å². The van der Waals surface area contributed by atoms with Crippen molar-refractivity contribution in [2.45, 2.75) is 37.4 Å². The summed E-state index contributed by atoms with van der Waals surface area (Å²) < 4.78 is 7.45. The second-order valence-electron chi connectivity index (χ2n) is 4.46. The molecule has 0 amide bonds. The maximum atomic E-state index is 10.8. The van der Waals surface area contributed by atoms with E-state index in [1.54, 1.807) is 31.2 Å². The fraction of sp³-hybridized carbons (Fsp3) is 0.357. The summed E-state index contributed by atoms with van der Waals surface area (Å²) in [6, 6.07) is 7.01. The Balaban J connectivity index is 2.06. The predicted molar refractivity (Wildman–Crippen MR) is 81.8 cm³/mol. The van der Waals surface area contributed by atoms with Crippen LogP contribution in [-0.4, -0.2) is 26.0 Å². The Morgan fingerprint density at radius 2 is 2.09 bits per heavy atom.